The maximum absolute atomic E-state index is 12.1. The van der Waals surface area contributed by atoms with Gasteiger partial charge in [-0.15, -0.1) is 5.10 Å². The van der Waals surface area contributed by atoms with Gasteiger partial charge in [-0.05, 0) is 18.6 Å². The van der Waals surface area contributed by atoms with Gasteiger partial charge in [0.25, 0.3) is 5.91 Å². The minimum absolute atomic E-state index is 0.0185. The van der Waals surface area contributed by atoms with Crippen molar-refractivity contribution in [3.63, 3.8) is 0 Å². The Morgan fingerprint density at radius 3 is 2.74 bits per heavy atom. The molecule has 2 heterocycles. The molecule has 0 radical (unpaired) electrons. The first kappa shape index (κ1) is 15.0. The Balaban J connectivity index is 1.49. The molecule has 23 heavy (non-hydrogen) atoms. The van der Waals surface area contributed by atoms with E-state index in [0.717, 1.165) is 5.56 Å². The number of amides is 1. The number of carbonyl (C=O) groups is 2. The molecule has 1 aliphatic rings. The van der Waals surface area contributed by atoms with Gasteiger partial charge in [-0.3, -0.25) is 4.79 Å². The number of nitrogens with zero attached hydrogens (tertiary/aromatic N) is 4. The van der Waals surface area contributed by atoms with Crippen molar-refractivity contribution >= 4 is 11.9 Å². The molecule has 1 amide bonds. The highest BCUT2D eigenvalue weighted by Gasteiger charge is 2.33. The van der Waals surface area contributed by atoms with Crippen molar-refractivity contribution in [2.24, 2.45) is 0 Å². The summed E-state index contributed by atoms with van der Waals surface area (Å²) in [4.78, 5) is 24.5. The van der Waals surface area contributed by atoms with Gasteiger partial charge in [0.2, 0.25) is 0 Å². The molecule has 1 saturated heterocycles. The first-order chi connectivity index (χ1) is 11.0. The van der Waals surface area contributed by atoms with Gasteiger partial charge < -0.3 is 14.7 Å². The van der Waals surface area contributed by atoms with Crippen LogP contribution in [-0.4, -0.2) is 56.6 Å². The number of para-hydroxylation sites is 1. The van der Waals surface area contributed by atoms with E-state index < -0.39 is 5.97 Å². The van der Waals surface area contributed by atoms with Gasteiger partial charge >= 0.3 is 5.97 Å². The zero-order chi connectivity index (χ0) is 16.4. The van der Waals surface area contributed by atoms with Crippen LogP contribution in [0.15, 0.2) is 30.5 Å². The molecular weight excluding hydrogens is 300 g/mol. The number of likely N-dealkylation sites (tertiary alicyclic amines) is 1. The molecule has 0 atom stereocenters. The molecule has 0 unspecified atom stereocenters. The summed E-state index contributed by atoms with van der Waals surface area (Å²) in [6, 6.07) is 7.47. The van der Waals surface area contributed by atoms with Crippen molar-refractivity contribution in [2.75, 3.05) is 19.7 Å². The molecule has 1 aliphatic heterocycles. The van der Waals surface area contributed by atoms with E-state index in [4.69, 9.17) is 9.84 Å². The van der Waals surface area contributed by atoms with E-state index in [9.17, 15) is 9.59 Å². The van der Waals surface area contributed by atoms with Crippen molar-refractivity contribution in [3.05, 3.63) is 41.7 Å². The Morgan fingerprint density at radius 1 is 1.35 bits per heavy atom. The highest BCUT2D eigenvalue weighted by atomic mass is 16.5. The van der Waals surface area contributed by atoms with Gasteiger partial charge in [0.05, 0.1) is 12.2 Å². The number of aromatic carboxylic acids is 1. The van der Waals surface area contributed by atoms with E-state index in [1.807, 2.05) is 31.2 Å². The van der Waals surface area contributed by atoms with Gasteiger partial charge in [0.1, 0.15) is 5.75 Å². The standard InChI is InChI=1S/C15H16N4O4/c1-10-4-2-3-5-13(10)23-9-14(20)18-6-11(7-18)19-8-12(15(21)22)16-17-19/h2-5,8,11H,6-7,9H2,1H3,(H,21,22). The van der Waals surface area contributed by atoms with Gasteiger partial charge in [0, 0.05) is 13.1 Å². The minimum Gasteiger partial charge on any atom is -0.484 e. The van der Waals surface area contributed by atoms with Crippen LogP contribution in [0.5, 0.6) is 5.75 Å². The summed E-state index contributed by atoms with van der Waals surface area (Å²) in [5, 5.41) is 16.1. The number of carboxylic acids is 1. The van der Waals surface area contributed by atoms with Gasteiger partial charge in [-0.1, -0.05) is 23.4 Å². The molecule has 3 rings (SSSR count). The van der Waals surface area contributed by atoms with E-state index in [2.05, 4.69) is 10.3 Å². The van der Waals surface area contributed by atoms with E-state index >= 15 is 0 Å². The molecule has 1 fully saturated rings. The Hall–Kier alpha value is -2.90. The molecular formula is C15H16N4O4. The third-order valence-electron chi connectivity index (χ3n) is 3.76. The summed E-state index contributed by atoms with van der Waals surface area (Å²) < 4.78 is 7.01. The predicted molar refractivity (Wildman–Crippen MR) is 79.3 cm³/mol. The normalized spacial score (nSPS) is 14.4. The molecule has 8 heteroatoms. The van der Waals surface area contributed by atoms with Crippen LogP contribution in [0.1, 0.15) is 22.1 Å². The van der Waals surface area contributed by atoms with Crippen LogP contribution in [-0.2, 0) is 4.79 Å². The van der Waals surface area contributed by atoms with Crippen molar-refractivity contribution in [1.82, 2.24) is 19.9 Å². The number of aromatic nitrogens is 3. The topological polar surface area (TPSA) is 97.5 Å². The number of benzene rings is 1. The highest BCUT2D eigenvalue weighted by Crippen LogP contribution is 2.21. The molecule has 2 aromatic rings. The number of hydrogen-bond acceptors (Lipinski definition) is 5. The monoisotopic (exact) mass is 316 g/mol. The minimum atomic E-state index is -1.12. The zero-order valence-electron chi connectivity index (χ0n) is 12.5. The van der Waals surface area contributed by atoms with Gasteiger partial charge in [-0.25, -0.2) is 9.48 Å². The van der Waals surface area contributed by atoms with Gasteiger partial charge in [0.15, 0.2) is 12.3 Å². The highest BCUT2D eigenvalue weighted by molar-refractivity contribution is 5.84. The lowest BCUT2D eigenvalue weighted by molar-refractivity contribution is -0.139. The Labute approximate surface area is 132 Å². The third-order valence-corrected chi connectivity index (χ3v) is 3.76. The van der Waals surface area contributed by atoms with Crippen LogP contribution in [0.3, 0.4) is 0 Å². The van der Waals surface area contributed by atoms with E-state index in [0.29, 0.717) is 18.8 Å². The summed E-state index contributed by atoms with van der Waals surface area (Å²) in [5.41, 5.74) is 0.878. The van der Waals surface area contributed by atoms with Crippen LogP contribution in [0.4, 0.5) is 0 Å². The first-order valence-corrected chi connectivity index (χ1v) is 7.16. The zero-order valence-corrected chi connectivity index (χ0v) is 12.5. The molecule has 1 aromatic carbocycles. The fourth-order valence-corrected chi connectivity index (χ4v) is 2.33. The van der Waals surface area contributed by atoms with Crippen LogP contribution >= 0.6 is 0 Å². The summed E-state index contributed by atoms with van der Waals surface area (Å²) in [7, 11) is 0. The Kier molecular flexibility index (Phi) is 3.96. The van der Waals surface area contributed by atoms with E-state index in [1.165, 1.54) is 10.9 Å². The van der Waals surface area contributed by atoms with Crippen LogP contribution in [0.25, 0.3) is 0 Å². The quantitative estimate of drug-likeness (QED) is 0.874. The lowest BCUT2D eigenvalue weighted by Crippen LogP contribution is -2.52. The largest absolute Gasteiger partial charge is 0.484 e. The molecule has 1 N–H and O–H groups in total. The van der Waals surface area contributed by atoms with Crippen molar-refractivity contribution < 1.29 is 19.4 Å². The van der Waals surface area contributed by atoms with Crippen molar-refractivity contribution in [1.29, 1.82) is 0 Å². The summed E-state index contributed by atoms with van der Waals surface area (Å²) in [5.74, 6) is -0.529. The molecule has 1 aromatic heterocycles. The number of ether oxygens (including phenoxy) is 1. The Bertz CT molecular complexity index is 737. The fourth-order valence-electron chi connectivity index (χ4n) is 2.33. The first-order valence-electron chi connectivity index (χ1n) is 7.16. The van der Waals surface area contributed by atoms with Crippen LogP contribution < -0.4 is 4.74 Å². The van der Waals surface area contributed by atoms with Crippen LogP contribution in [0, 0.1) is 6.92 Å². The maximum Gasteiger partial charge on any atom is 0.358 e. The predicted octanol–water partition coefficient (Wildman–Crippen LogP) is 0.747. The number of carboxylic acid groups (broad SMARTS) is 1. The second-order valence-electron chi connectivity index (χ2n) is 5.40. The summed E-state index contributed by atoms with van der Waals surface area (Å²) in [6.07, 6.45) is 1.37. The molecule has 120 valence electrons. The van der Waals surface area contributed by atoms with Gasteiger partial charge in [-0.2, -0.15) is 0 Å². The number of carbonyl (C=O) groups excluding carboxylic acids is 1. The third kappa shape index (κ3) is 3.15. The second-order valence-corrected chi connectivity index (χ2v) is 5.40. The molecule has 8 nitrogen and oxygen atoms in total. The summed E-state index contributed by atoms with van der Waals surface area (Å²) >= 11 is 0. The van der Waals surface area contributed by atoms with Crippen LogP contribution in [0.2, 0.25) is 0 Å². The molecule has 0 aliphatic carbocycles. The van der Waals surface area contributed by atoms with E-state index in [-0.39, 0.29) is 24.2 Å². The fraction of sp³-hybridized carbons (Fsp3) is 0.333. The number of rotatable bonds is 5. The maximum atomic E-state index is 12.1. The molecule has 0 saturated carbocycles. The lowest BCUT2D eigenvalue weighted by atomic mass is 10.1. The Morgan fingerprint density at radius 2 is 2.09 bits per heavy atom. The second kappa shape index (κ2) is 6.07. The SMILES string of the molecule is Cc1ccccc1OCC(=O)N1CC(n2cc(C(=O)O)nn2)C1. The number of aryl methyl sites for hydroxylation is 1. The summed E-state index contributed by atoms with van der Waals surface area (Å²) in [6.45, 7) is 2.84. The number of hydrogen-bond donors (Lipinski definition) is 1. The lowest BCUT2D eigenvalue weighted by Gasteiger charge is -2.38. The smallest absolute Gasteiger partial charge is 0.358 e. The van der Waals surface area contributed by atoms with E-state index in [1.54, 1.807) is 4.90 Å². The van der Waals surface area contributed by atoms with Crippen molar-refractivity contribution in [2.45, 2.75) is 13.0 Å². The average molecular weight is 316 g/mol. The molecule has 0 bridgehead atoms. The van der Waals surface area contributed by atoms with Crippen molar-refractivity contribution in [3.8, 4) is 5.75 Å². The average Bonchev–Trinajstić information content (AvgIpc) is 2.94. The molecule has 0 spiro atoms.